The summed E-state index contributed by atoms with van der Waals surface area (Å²) in [6, 6.07) is 4.91. The number of hydrogen-bond acceptors (Lipinski definition) is 5. The summed E-state index contributed by atoms with van der Waals surface area (Å²) in [5.41, 5.74) is 14.8. The normalized spacial score (nSPS) is 23.4. The van der Waals surface area contributed by atoms with Crippen LogP contribution in [0.3, 0.4) is 0 Å². The molecule has 0 aromatic carbocycles. The minimum atomic E-state index is -0.556. The Labute approximate surface area is 168 Å². The smallest absolute Gasteiger partial charge is 0.252 e. The topological polar surface area (TPSA) is 111 Å². The highest BCUT2D eigenvalue weighted by Crippen LogP contribution is 2.46. The SMILES string of the molecule is CC1(C)[C@H](Nc2c(C(N)=O)cnn3cc(-c4ccc(F)nc4)cc23)CC[C@]1(C)N. The van der Waals surface area contributed by atoms with E-state index >= 15 is 0 Å². The maximum Gasteiger partial charge on any atom is 0.252 e. The molecule has 1 amide bonds. The highest BCUT2D eigenvalue weighted by atomic mass is 19.1. The number of nitrogens with two attached hydrogens (primary N) is 2. The average molecular weight is 396 g/mol. The van der Waals surface area contributed by atoms with Crippen molar-refractivity contribution in [1.82, 2.24) is 14.6 Å². The quantitative estimate of drug-likeness (QED) is 0.587. The second kappa shape index (κ2) is 6.52. The molecular weight excluding hydrogens is 371 g/mol. The van der Waals surface area contributed by atoms with Crippen LogP contribution < -0.4 is 16.8 Å². The van der Waals surface area contributed by atoms with Gasteiger partial charge in [-0.15, -0.1) is 0 Å². The predicted molar refractivity (Wildman–Crippen MR) is 110 cm³/mol. The Hall–Kier alpha value is -3.00. The van der Waals surface area contributed by atoms with Crippen molar-refractivity contribution in [2.75, 3.05) is 5.32 Å². The molecule has 3 heterocycles. The van der Waals surface area contributed by atoms with Crippen LogP contribution in [0.1, 0.15) is 44.0 Å². The van der Waals surface area contributed by atoms with Crippen LogP contribution in [0.5, 0.6) is 0 Å². The van der Waals surface area contributed by atoms with Crippen molar-refractivity contribution < 1.29 is 9.18 Å². The third kappa shape index (κ3) is 3.13. The zero-order valence-corrected chi connectivity index (χ0v) is 16.7. The minimum Gasteiger partial charge on any atom is -0.379 e. The number of pyridine rings is 1. The summed E-state index contributed by atoms with van der Waals surface area (Å²) in [5.74, 6) is -1.10. The van der Waals surface area contributed by atoms with E-state index in [0.29, 0.717) is 16.8 Å². The first-order chi connectivity index (χ1) is 13.6. The molecular formula is C21H25FN6O. The Morgan fingerprint density at radius 2 is 2.03 bits per heavy atom. The number of nitrogens with zero attached hydrogens (tertiary/aromatic N) is 3. The summed E-state index contributed by atoms with van der Waals surface area (Å²) in [7, 11) is 0. The number of carbonyl (C=O) groups is 1. The highest BCUT2D eigenvalue weighted by Gasteiger charge is 2.49. The van der Waals surface area contributed by atoms with E-state index in [4.69, 9.17) is 11.5 Å². The molecule has 1 saturated carbocycles. The fourth-order valence-electron chi connectivity index (χ4n) is 4.05. The van der Waals surface area contributed by atoms with Gasteiger partial charge in [-0.2, -0.15) is 9.49 Å². The number of aromatic nitrogens is 3. The van der Waals surface area contributed by atoms with E-state index in [0.717, 1.165) is 24.0 Å². The summed E-state index contributed by atoms with van der Waals surface area (Å²) in [6.45, 7) is 6.32. The zero-order chi connectivity index (χ0) is 21.0. The van der Waals surface area contributed by atoms with Gasteiger partial charge in [0, 0.05) is 40.5 Å². The van der Waals surface area contributed by atoms with Crippen LogP contribution in [0.2, 0.25) is 0 Å². The lowest BCUT2D eigenvalue weighted by atomic mass is 9.75. The molecule has 0 saturated heterocycles. The van der Waals surface area contributed by atoms with E-state index in [1.165, 1.54) is 18.5 Å². The molecule has 0 radical (unpaired) electrons. The van der Waals surface area contributed by atoms with Gasteiger partial charge in [0.05, 0.1) is 23.0 Å². The van der Waals surface area contributed by atoms with Crippen molar-refractivity contribution >= 4 is 17.1 Å². The lowest BCUT2D eigenvalue weighted by molar-refractivity contribution is 0.100. The van der Waals surface area contributed by atoms with E-state index in [1.54, 1.807) is 10.6 Å². The average Bonchev–Trinajstić information content (AvgIpc) is 3.17. The van der Waals surface area contributed by atoms with Crippen molar-refractivity contribution in [2.24, 2.45) is 16.9 Å². The summed E-state index contributed by atoms with van der Waals surface area (Å²) in [6.07, 6.45) is 6.49. The van der Waals surface area contributed by atoms with Crippen LogP contribution in [0.4, 0.5) is 10.1 Å². The van der Waals surface area contributed by atoms with Gasteiger partial charge in [0.15, 0.2) is 0 Å². The van der Waals surface area contributed by atoms with Crippen molar-refractivity contribution in [2.45, 2.75) is 45.2 Å². The van der Waals surface area contributed by atoms with E-state index < -0.39 is 11.9 Å². The molecule has 152 valence electrons. The number of halogens is 1. The monoisotopic (exact) mass is 396 g/mol. The van der Waals surface area contributed by atoms with Gasteiger partial charge in [-0.3, -0.25) is 4.79 Å². The van der Waals surface area contributed by atoms with Crippen molar-refractivity contribution in [3.63, 3.8) is 0 Å². The molecule has 0 spiro atoms. The molecule has 1 aliphatic rings. The third-order valence-electron chi connectivity index (χ3n) is 6.58. The zero-order valence-electron chi connectivity index (χ0n) is 16.7. The number of rotatable bonds is 4. The van der Waals surface area contributed by atoms with E-state index in [9.17, 15) is 9.18 Å². The molecule has 3 aromatic rings. The molecule has 4 rings (SSSR count). The maximum absolute atomic E-state index is 13.2. The van der Waals surface area contributed by atoms with Gasteiger partial charge in [-0.05, 0) is 38.0 Å². The first-order valence-electron chi connectivity index (χ1n) is 9.59. The van der Waals surface area contributed by atoms with Crippen LogP contribution in [0, 0.1) is 11.4 Å². The molecule has 0 aliphatic heterocycles. The van der Waals surface area contributed by atoms with Crippen LogP contribution in [0.15, 0.2) is 36.8 Å². The summed E-state index contributed by atoms with van der Waals surface area (Å²) < 4.78 is 14.9. The standard InChI is InChI=1S/C21H25FN6O/c1-20(2)16(6-7-21(20,3)24)27-18-14(19(23)29)10-26-28-11-13(8-15(18)28)12-4-5-17(22)25-9-12/h4-5,8-11,16,27H,6-7,24H2,1-3H3,(H2,23,29)/t16-,21+/m1/s1. The van der Waals surface area contributed by atoms with E-state index in [1.807, 2.05) is 12.3 Å². The summed E-state index contributed by atoms with van der Waals surface area (Å²) >= 11 is 0. The molecule has 0 unspecified atom stereocenters. The lowest BCUT2D eigenvalue weighted by Crippen LogP contribution is -2.51. The number of carbonyl (C=O) groups excluding carboxylic acids is 1. The number of nitrogens with one attached hydrogen (secondary N) is 1. The van der Waals surface area contributed by atoms with Gasteiger partial charge >= 0.3 is 0 Å². The fraction of sp³-hybridized carbons (Fsp3) is 0.381. The van der Waals surface area contributed by atoms with E-state index in [2.05, 4.69) is 36.2 Å². The van der Waals surface area contributed by atoms with Crippen LogP contribution >= 0.6 is 0 Å². The van der Waals surface area contributed by atoms with Gasteiger partial charge in [-0.1, -0.05) is 13.8 Å². The molecule has 1 aliphatic carbocycles. The molecule has 3 aromatic heterocycles. The van der Waals surface area contributed by atoms with Crippen LogP contribution in [-0.2, 0) is 0 Å². The third-order valence-corrected chi connectivity index (χ3v) is 6.58. The van der Waals surface area contributed by atoms with Gasteiger partial charge < -0.3 is 16.8 Å². The molecule has 7 nitrogen and oxygen atoms in total. The Morgan fingerprint density at radius 1 is 1.28 bits per heavy atom. The highest BCUT2D eigenvalue weighted by molar-refractivity contribution is 6.02. The van der Waals surface area contributed by atoms with Gasteiger partial charge in [-0.25, -0.2) is 9.50 Å². The maximum atomic E-state index is 13.2. The number of amides is 1. The molecule has 8 heteroatoms. The Bertz CT molecular complexity index is 1090. The number of fused-ring (bicyclic) bond motifs is 1. The Balaban J connectivity index is 1.82. The lowest BCUT2D eigenvalue weighted by Gasteiger charge is -2.39. The van der Waals surface area contributed by atoms with Gasteiger partial charge in [0.25, 0.3) is 5.91 Å². The molecule has 1 fully saturated rings. The molecule has 5 N–H and O–H groups in total. The van der Waals surface area contributed by atoms with Gasteiger partial charge in [0.2, 0.25) is 5.95 Å². The van der Waals surface area contributed by atoms with Crippen molar-refractivity contribution in [3.8, 4) is 11.1 Å². The minimum absolute atomic E-state index is 0.0626. The largest absolute Gasteiger partial charge is 0.379 e. The predicted octanol–water partition coefficient (Wildman–Crippen LogP) is 2.95. The second-order valence-electron chi connectivity index (χ2n) is 8.60. The Kier molecular flexibility index (Phi) is 4.34. The van der Waals surface area contributed by atoms with Crippen molar-refractivity contribution in [3.05, 3.63) is 48.3 Å². The molecule has 29 heavy (non-hydrogen) atoms. The van der Waals surface area contributed by atoms with Crippen LogP contribution in [0.25, 0.3) is 16.6 Å². The number of hydrogen-bond donors (Lipinski definition) is 3. The fourth-order valence-corrected chi connectivity index (χ4v) is 4.05. The molecule has 2 atom stereocenters. The summed E-state index contributed by atoms with van der Waals surface area (Å²) in [4.78, 5) is 15.8. The number of primary amides is 1. The Morgan fingerprint density at radius 3 is 2.62 bits per heavy atom. The first-order valence-corrected chi connectivity index (χ1v) is 9.59. The van der Waals surface area contributed by atoms with Crippen LogP contribution in [-0.4, -0.2) is 32.1 Å². The first kappa shape index (κ1) is 19.3. The van der Waals surface area contributed by atoms with Gasteiger partial charge in [0.1, 0.15) is 0 Å². The second-order valence-corrected chi connectivity index (χ2v) is 8.60. The number of anilines is 1. The molecule has 0 bridgehead atoms. The van der Waals surface area contributed by atoms with E-state index in [-0.39, 0.29) is 17.0 Å². The summed E-state index contributed by atoms with van der Waals surface area (Å²) in [5, 5.41) is 7.86. The van der Waals surface area contributed by atoms with Crippen molar-refractivity contribution in [1.29, 1.82) is 0 Å².